The highest BCUT2D eigenvalue weighted by molar-refractivity contribution is 7.92. The van der Waals surface area contributed by atoms with Gasteiger partial charge in [0.25, 0.3) is 0 Å². The largest absolute Gasteiger partial charge is 0.330 e. The summed E-state index contributed by atoms with van der Waals surface area (Å²) in [7, 11) is -3.75. The van der Waals surface area contributed by atoms with Crippen LogP contribution in [0, 0.1) is 6.92 Å². The first-order valence-corrected chi connectivity index (χ1v) is 13.9. The van der Waals surface area contributed by atoms with Gasteiger partial charge in [-0.05, 0) is 59.5 Å². The Morgan fingerprint density at radius 1 is 1.09 bits per heavy atom. The Morgan fingerprint density at radius 3 is 2.56 bits per heavy atom. The van der Waals surface area contributed by atoms with Crippen molar-refractivity contribution in [3.63, 3.8) is 0 Å². The fourth-order valence-electron chi connectivity index (χ4n) is 4.42. The molecule has 0 saturated carbocycles. The normalized spacial score (nSPS) is 16.2. The van der Waals surface area contributed by atoms with Gasteiger partial charge in [0.15, 0.2) is 0 Å². The number of sulfonamides is 1. The SMILES string of the molecule is CCCN(CC(=O)N1CCc2sccc2C1c1ccccc1C)S(=O)(=O)/C=C/c1ccccc1. The molecule has 2 heterocycles. The van der Waals surface area contributed by atoms with Crippen molar-refractivity contribution in [1.82, 2.24) is 9.21 Å². The van der Waals surface area contributed by atoms with Crippen LogP contribution in [0.3, 0.4) is 0 Å². The Morgan fingerprint density at radius 2 is 1.82 bits per heavy atom. The topological polar surface area (TPSA) is 57.7 Å². The highest BCUT2D eigenvalue weighted by atomic mass is 32.2. The quantitative estimate of drug-likeness (QED) is 0.430. The predicted octanol–water partition coefficient (Wildman–Crippen LogP) is 5.24. The molecule has 0 saturated heterocycles. The number of fused-ring (bicyclic) bond motifs is 1. The highest BCUT2D eigenvalue weighted by Gasteiger charge is 2.35. The van der Waals surface area contributed by atoms with E-state index >= 15 is 0 Å². The third-order valence-electron chi connectivity index (χ3n) is 6.15. The lowest BCUT2D eigenvalue weighted by Gasteiger charge is -2.38. The van der Waals surface area contributed by atoms with Crippen molar-refractivity contribution < 1.29 is 13.2 Å². The van der Waals surface area contributed by atoms with E-state index in [1.807, 2.05) is 54.3 Å². The van der Waals surface area contributed by atoms with Crippen LogP contribution in [0.5, 0.6) is 0 Å². The number of carbonyl (C=O) groups is 1. The molecule has 0 fully saturated rings. The smallest absolute Gasteiger partial charge is 0.238 e. The molecule has 34 heavy (non-hydrogen) atoms. The molecule has 0 N–H and O–H groups in total. The minimum absolute atomic E-state index is 0.169. The van der Waals surface area contributed by atoms with Crippen molar-refractivity contribution in [2.45, 2.75) is 32.7 Å². The zero-order chi connectivity index (χ0) is 24.1. The lowest BCUT2D eigenvalue weighted by Crippen LogP contribution is -2.46. The van der Waals surface area contributed by atoms with Crippen LogP contribution in [0.2, 0.25) is 0 Å². The van der Waals surface area contributed by atoms with Crippen molar-refractivity contribution in [2.75, 3.05) is 19.6 Å². The van der Waals surface area contributed by atoms with Crippen LogP contribution >= 0.6 is 11.3 Å². The van der Waals surface area contributed by atoms with Gasteiger partial charge in [-0.2, -0.15) is 4.31 Å². The molecule has 4 rings (SSSR count). The molecule has 7 heteroatoms. The molecule has 5 nitrogen and oxygen atoms in total. The molecule has 1 aromatic heterocycles. The van der Waals surface area contributed by atoms with Crippen LogP contribution in [0.4, 0.5) is 0 Å². The van der Waals surface area contributed by atoms with E-state index in [4.69, 9.17) is 0 Å². The van der Waals surface area contributed by atoms with E-state index in [0.29, 0.717) is 19.5 Å². The summed E-state index contributed by atoms with van der Waals surface area (Å²) < 4.78 is 27.6. The Hall–Kier alpha value is -2.74. The van der Waals surface area contributed by atoms with Gasteiger partial charge in [0, 0.05) is 23.4 Å². The van der Waals surface area contributed by atoms with Crippen LogP contribution in [-0.2, 0) is 21.2 Å². The standard InChI is InChI=1S/C27H30N2O3S2/c1-3-16-28(34(31,32)19-15-22-10-5-4-6-11-22)20-26(30)29-17-13-25-24(14-18-33-25)27(29)23-12-8-7-9-21(23)2/h4-12,14-15,18-19,27H,3,13,16-17,20H2,1-2H3/b19-15+. The van der Waals surface area contributed by atoms with E-state index in [9.17, 15) is 13.2 Å². The summed E-state index contributed by atoms with van der Waals surface area (Å²) in [5.41, 5.74) is 4.15. The maximum absolute atomic E-state index is 13.6. The highest BCUT2D eigenvalue weighted by Crippen LogP contribution is 2.39. The summed E-state index contributed by atoms with van der Waals surface area (Å²) in [5.74, 6) is -0.171. The van der Waals surface area contributed by atoms with E-state index < -0.39 is 10.0 Å². The first-order chi connectivity index (χ1) is 16.4. The number of carbonyl (C=O) groups excluding carboxylic acids is 1. The van der Waals surface area contributed by atoms with E-state index in [0.717, 1.165) is 28.7 Å². The summed E-state index contributed by atoms with van der Waals surface area (Å²) in [6.45, 7) is 4.67. The summed E-state index contributed by atoms with van der Waals surface area (Å²) in [6.07, 6.45) is 2.99. The van der Waals surface area contributed by atoms with Gasteiger partial charge in [-0.3, -0.25) is 4.79 Å². The number of hydrogen-bond donors (Lipinski definition) is 0. The minimum atomic E-state index is -3.75. The third kappa shape index (κ3) is 5.32. The molecule has 0 radical (unpaired) electrons. The second-order valence-electron chi connectivity index (χ2n) is 8.49. The number of aryl methyl sites for hydroxylation is 1. The molecule has 3 aromatic rings. The summed E-state index contributed by atoms with van der Waals surface area (Å²) >= 11 is 1.72. The Kier molecular flexibility index (Phi) is 7.66. The average Bonchev–Trinajstić information content (AvgIpc) is 3.32. The molecule has 0 bridgehead atoms. The molecule has 2 aromatic carbocycles. The van der Waals surface area contributed by atoms with Gasteiger partial charge in [-0.1, -0.05) is 61.5 Å². The lowest BCUT2D eigenvalue weighted by atomic mass is 9.90. The first kappa shape index (κ1) is 24.4. The van der Waals surface area contributed by atoms with E-state index in [1.165, 1.54) is 14.6 Å². The molecule has 1 amide bonds. The van der Waals surface area contributed by atoms with Crippen LogP contribution in [0.1, 0.15) is 46.5 Å². The first-order valence-electron chi connectivity index (χ1n) is 11.5. The van der Waals surface area contributed by atoms with E-state index in [1.54, 1.807) is 17.4 Å². The molecule has 1 aliphatic rings. The second kappa shape index (κ2) is 10.7. The van der Waals surface area contributed by atoms with Crippen molar-refractivity contribution >= 4 is 33.3 Å². The second-order valence-corrected chi connectivity index (χ2v) is 11.3. The van der Waals surface area contributed by atoms with Crippen molar-refractivity contribution in [1.29, 1.82) is 0 Å². The molecule has 1 unspecified atom stereocenters. The van der Waals surface area contributed by atoms with Crippen molar-refractivity contribution in [2.24, 2.45) is 0 Å². The average molecular weight is 495 g/mol. The minimum Gasteiger partial charge on any atom is -0.330 e. The van der Waals surface area contributed by atoms with Crippen LogP contribution in [0.15, 0.2) is 71.5 Å². The zero-order valence-electron chi connectivity index (χ0n) is 19.6. The van der Waals surface area contributed by atoms with Gasteiger partial charge < -0.3 is 4.90 Å². The Labute approximate surface area is 206 Å². The summed E-state index contributed by atoms with van der Waals surface area (Å²) in [5, 5.41) is 3.28. The Bertz CT molecular complexity index is 1270. The number of amides is 1. The molecule has 1 aliphatic heterocycles. The molecule has 0 spiro atoms. The fourth-order valence-corrected chi connectivity index (χ4v) is 6.55. The zero-order valence-corrected chi connectivity index (χ0v) is 21.2. The van der Waals surface area contributed by atoms with Crippen LogP contribution in [0.25, 0.3) is 6.08 Å². The predicted molar refractivity (Wildman–Crippen MR) is 139 cm³/mol. The number of benzene rings is 2. The fraction of sp³-hybridized carbons (Fsp3) is 0.296. The van der Waals surface area contributed by atoms with Crippen LogP contribution < -0.4 is 0 Å². The molecule has 178 valence electrons. The lowest BCUT2D eigenvalue weighted by molar-refractivity contribution is -0.133. The van der Waals surface area contributed by atoms with Gasteiger partial charge in [0.2, 0.25) is 15.9 Å². The maximum Gasteiger partial charge on any atom is 0.238 e. The summed E-state index contributed by atoms with van der Waals surface area (Å²) in [6, 6.07) is 19.3. The Balaban J connectivity index is 1.61. The third-order valence-corrected chi connectivity index (χ3v) is 8.65. The number of thiophene rings is 1. The van der Waals surface area contributed by atoms with Crippen molar-refractivity contribution in [3.05, 3.63) is 98.6 Å². The van der Waals surface area contributed by atoms with Gasteiger partial charge in [-0.25, -0.2) is 8.42 Å². The van der Waals surface area contributed by atoms with Crippen LogP contribution in [-0.4, -0.2) is 43.2 Å². The monoisotopic (exact) mass is 494 g/mol. The van der Waals surface area contributed by atoms with Gasteiger partial charge in [0.05, 0.1) is 12.6 Å². The summed E-state index contributed by atoms with van der Waals surface area (Å²) in [4.78, 5) is 16.8. The van der Waals surface area contributed by atoms with Crippen molar-refractivity contribution in [3.8, 4) is 0 Å². The molecule has 1 atom stereocenters. The van der Waals surface area contributed by atoms with Gasteiger partial charge in [0.1, 0.15) is 0 Å². The van der Waals surface area contributed by atoms with Gasteiger partial charge >= 0.3 is 0 Å². The number of nitrogens with zero attached hydrogens (tertiary/aromatic N) is 2. The number of hydrogen-bond acceptors (Lipinski definition) is 4. The number of rotatable bonds is 8. The molecular weight excluding hydrogens is 464 g/mol. The van der Waals surface area contributed by atoms with E-state index in [-0.39, 0.29) is 18.5 Å². The molecular formula is C27H30N2O3S2. The maximum atomic E-state index is 13.6. The van der Waals surface area contributed by atoms with Gasteiger partial charge in [-0.15, -0.1) is 11.3 Å². The van der Waals surface area contributed by atoms with E-state index in [2.05, 4.69) is 30.5 Å². The molecule has 0 aliphatic carbocycles.